The highest BCUT2D eigenvalue weighted by atomic mass is 15.2. The second kappa shape index (κ2) is 5.94. The van der Waals surface area contributed by atoms with Crippen LogP contribution in [0, 0.1) is 5.92 Å². The van der Waals surface area contributed by atoms with Gasteiger partial charge in [0.2, 0.25) is 0 Å². The number of hydrogen-bond donors (Lipinski definition) is 1. The smallest absolute Gasteiger partial charge is 0.0330 e. The van der Waals surface area contributed by atoms with Gasteiger partial charge < -0.3 is 10.2 Å². The number of nitrogens with one attached hydrogen (secondary N) is 1. The van der Waals surface area contributed by atoms with E-state index in [9.17, 15) is 0 Å². The minimum absolute atomic E-state index is 0.407. The first-order valence-electron chi connectivity index (χ1n) is 8.74. The van der Waals surface area contributed by atoms with Gasteiger partial charge in [-0.15, -0.1) is 0 Å². The molecule has 3 fully saturated rings. The summed E-state index contributed by atoms with van der Waals surface area (Å²) in [6.45, 7) is 6.24. The lowest BCUT2D eigenvalue weighted by atomic mass is 9.75. The molecule has 3 unspecified atom stereocenters. The molecule has 2 saturated carbocycles. The van der Waals surface area contributed by atoms with Crippen molar-refractivity contribution in [2.45, 2.75) is 69.5 Å². The molecule has 0 radical (unpaired) electrons. The molecule has 1 aliphatic heterocycles. The molecule has 0 aromatic heterocycles. The van der Waals surface area contributed by atoms with Crippen LogP contribution >= 0.6 is 0 Å². The third-order valence-corrected chi connectivity index (χ3v) is 6.02. The van der Waals surface area contributed by atoms with Gasteiger partial charge in [0.15, 0.2) is 0 Å². The van der Waals surface area contributed by atoms with E-state index in [1.807, 2.05) is 0 Å². The first-order chi connectivity index (χ1) is 9.59. The Morgan fingerprint density at radius 2 is 2.00 bits per heavy atom. The third-order valence-electron chi connectivity index (χ3n) is 6.02. The number of hydrogen-bond acceptors (Lipinski definition) is 3. The number of likely N-dealkylation sites (N-methyl/N-ethyl adjacent to an activating group) is 1. The molecule has 0 aromatic rings. The van der Waals surface area contributed by atoms with Crippen molar-refractivity contribution in [1.29, 1.82) is 0 Å². The zero-order valence-electron chi connectivity index (χ0n) is 13.7. The first kappa shape index (κ1) is 14.8. The zero-order chi connectivity index (χ0) is 14.2. The van der Waals surface area contributed by atoms with Crippen LogP contribution in [-0.4, -0.2) is 61.2 Å². The number of nitrogens with zero attached hydrogens (tertiary/aromatic N) is 2. The van der Waals surface area contributed by atoms with E-state index in [1.165, 1.54) is 64.6 Å². The highest BCUT2D eigenvalue weighted by molar-refractivity contribution is 4.97. The predicted octanol–water partition coefficient (Wildman–Crippen LogP) is 2.32. The summed E-state index contributed by atoms with van der Waals surface area (Å²) in [6.07, 6.45) is 9.82. The van der Waals surface area contributed by atoms with Gasteiger partial charge in [0.05, 0.1) is 0 Å². The second-order valence-corrected chi connectivity index (χ2v) is 7.91. The SMILES string of the molecule is CC1CCCC(CNC2CCN(C3CC3)C2)(N(C)C)C1. The normalized spacial score (nSPS) is 39.6. The summed E-state index contributed by atoms with van der Waals surface area (Å²) in [5.74, 6) is 0.888. The molecule has 3 rings (SSSR count). The van der Waals surface area contributed by atoms with E-state index in [0.29, 0.717) is 5.54 Å². The maximum Gasteiger partial charge on any atom is 0.0330 e. The second-order valence-electron chi connectivity index (χ2n) is 7.91. The highest BCUT2D eigenvalue weighted by Crippen LogP contribution is 2.35. The van der Waals surface area contributed by atoms with Crippen molar-refractivity contribution in [1.82, 2.24) is 15.1 Å². The van der Waals surface area contributed by atoms with Crippen molar-refractivity contribution in [3.63, 3.8) is 0 Å². The summed E-state index contributed by atoms with van der Waals surface area (Å²) < 4.78 is 0. The Morgan fingerprint density at radius 1 is 1.20 bits per heavy atom. The van der Waals surface area contributed by atoms with Crippen molar-refractivity contribution >= 4 is 0 Å². The Hall–Kier alpha value is -0.120. The van der Waals surface area contributed by atoms with Gasteiger partial charge in [0, 0.05) is 37.3 Å². The summed E-state index contributed by atoms with van der Waals surface area (Å²) in [4.78, 5) is 5.22. The van der Waals surface area contributed by atoms with E-state index in [2.05, 4.69) is 36.1 Å². The van der Waals surface area contributed by atoms with E-state index in [4.69, 9.17) is 0 Å². The van der Waals surface area contributed by atoms with Crippen LogP contribution in [0.25, 0.3) is 0 Å². The maximum atomic E-state index is 3.92. The molecule has 116 valence electrons. The van der Waals surface area contributed by atoms with Gasteiger partial charge in [-0.25, -0.2) is 0 Å². The Morgan fingerprint density at radius 3 is 2.65 bits per heavy atom. The standard InChI is InChI=1S/C17H33N3/c1-14-5-4-9-17(11-14,19(2)3)13-18-15-8-10-20(12-15)16-6-7-16/h14-16,18H,4-13H2,1-3H3. The highest BCUT2D eigenvalue weighted by Gasteiger charge is 2.39. The van der Waals surface area contributed by atoms with Gasteiger partial charge >= 0.3 is 0 Å². The van der Waals surface area contributed by atoms with Crippen LogP contribution in [0.1, 0.15) is 51.9 Å². The number of rotatable bonds is 5. The van der Waals surface area contributed by atoms with Crippen molar-refractivity contribution in [2.75, 3.05) is 33.7 Å². The van der Waals surface area contributed by atoms with Crippen LogP contribution in [0.2, 0.25) is 0 Å². The molecule has 3 heteroatoms. The average Bonchev–Trinajstić information content (AvgIpc) is 3.16. The lowest BCUT2D eigenvalue weighted by molar-refractivity contribution is 0.0724. The summed E-state index contributed by atoms with van der Waals surface area (Å²) in [5, 5.41) is 3.92. The molecule has 0 bridgehead atoms. The Kier molecular flexibility index (Phi) is 4.40. The lowest BCUT2D eigenvalue weighted by Crippen LogP contribution is -2.55. The minimum atomic E-state index is 0.407. The predicted molar refractivity (Wildman–Crippen MR) is 85.1 cm³/mol. The van der Waals surface area contributed by atoms with Gasteiger partial charge in [0.25, 0.3) is 0 Å². The first-order valence-corrected chi connectivity index (χ1v) is 8.74. The van der Waals surface area contributed by atoms with Crippen LogP contribution < -0.4 is 5.32 Å². The number of likely N-dealkylation sites (tertiary alicyclic amines) is 1. The van der Waals surface area contributed by atoms with Gasteiger partial charge in [-0.3, -0.25) is 4.90 Å². The quantitative estimate of drug-likeness (QED) is 0.833. The van der Waals surface area contributed by atoms with Crippen molar-refractivity contribution in [3.05, 3.63) is 0 Å². The Bertz CT molecular complexity index is 326. The molecule has 3 atom stereocenters. The molecule has 3 nitrogen and oxygen atoms in total. The van der Waals surface area contributed by atoms with Crippen LogP contribution in [-0.2, 0) is 0 Å². The van der Waals surface area contributed by atoms with Crippen molar-refractivity contribution < 1.29 is 0 Å². The van der Waals surface area contributed by atoms with Crippen LogP contribution in [0.4, 0.5) is 0 Å². The maximum absolute atomic E-state index is 3.92. The van der Waals surface area contributed by atoms with E-state index in [1.54, 1.807) is 0 Å². The molecule has 2 aliphatic carbocycles. The molecule has 1 N–H and O–H groups in total. The largest absolute Gasteiger partial charge is 0.311 e. The van der Waals surface area contributed by atoms with Gasteiger partial charge in [-0.2, -0.15) is 0 Å². The zero-order valence-corrected chi connectivity index (χ0v) is 13.7. The van der Waals surface area contributed by atoms with E-state index in [-0.39, 0.29) is 0 Å². The molecule has 1 saturated heterocycles. The van der Waals surface area contributed by atoms with Crippen LogP contribution in [0.15, 0.2) is 0 Å². The molecule has 0 aromatic carbocycles. The molecule has 20 heavy (non-hydrogen) atoms. The minimum Gasteiger partial charge on any atom is -0.311 e. The Balaban J connectivity index is 1.52. The van der Waals surface area contributed by atoms with Gasteiger partial charge in [-0.05, 0) is 52.1 Å². The third kappa shape index (κ3) is 3.20. The summed E-state index contributed by atoms with van der Waals surface area (Å²) in [6, 6.07) is 1.68. The van der Waals surface area contributed by atoms with Crippen LogP contribution in [0.3, 0.4) is 0 Å². The van der Waals surface area contributed by atoms with E-state index >= 15 is 0 Å². The van der Waals surface area contributed by atoms with Gasteiger partial charge in [-0.1, -0.05) is 19.8 Å². The van der Waals surface area contributed by atoms with E-state index in [0.717, 1.165) is 18.0 Å². The van der Waals surface area contributed by atoms with Crippen molar-refractivity contribution in [3.8, 4) is 0 Å². The van der Waals surface area contributed by atoms with Gasteiger partial charge in [0.1, 0.15) is 0 Å². The summed E-state index contributed by atoms with van der Waals surface area (Å²) >= 11 is 0. The summed E-state index contributed by atoms with van der Waals surface area (Å²) in [7, 11) is 4.57. The van der Waals surface area contributed by atoms with E-state index < -0.39 is 0 Å². The topological polar surface area (TPSA) is 18.5 Å². The molecule has 1 heterocycles. The summed E-state index contributed by atoms with van der Waals surface area (Å²) in [5.41, 5.74) is 0.407. The molecular formula is C17H33N3. The van der Waals surface area contributed by atoms with Crippen molar-refractivity contribution in [2.24, 2.45) is 5.92 Å². The lowest BCUT2D eigenvalue weighted by Gasteiger charge is -2.46. The fourth-order valence-corrected chi connectivity index (χ4v) is 4.42. The molecular weight excluding hydrogens is 246 g/mol. The fourth-order valence-electron chi connectivity index (χ4n) is 4.42. The average molecular weight is 279 g/mol. The molecule has 3 aliphatic rings. The monoisotopic (exact) mass is 279 g/mol. The molecule has 0 amide bonds. The van der Waals surface area contributed by atoms with Crippen LogP contribution in [0.5, 0.6) is 0 Å². The fraction of sp³-hybridized carbons (Fsp3) is 1.00. The molecule has 0 spiro atoms. The Labute approximate surface area is 125 Å².